The molecule has 4 heteroatoms. The van der Waals surface area contributed by atoms with Crippen molar-refractivity contribution in [3.63, 3.8) is 0 Å². The second-order valence-electron chi connectivity index (χ2n) is 5.38. The molecular formula is C14H30N4. The molecule has 0 aliphatic rings. The first-order valence-corrected chi connectivity index (χ1v) is 7.02. The second-order valence-corrected chi connectivity index (χ2v) is 5.38. The molecule has 0 amide bonds. The van der Waals surface area contributed by atoms with Crippen molar-refractivity contribution >= 4 is 0 Å². The van der Waals surface area contributed by atoms with Crippen LogP contribution in [-0.2, 0) is 0 Å². The van der Waals surface area contributed by atoms with Gasteiger partial charge in [0.2, 0.25) is 0 Å². The highest BCUT2D eigenvalue weighted by Gasteiger charge is 2.10. The highest BCUT2D eigenvalue weighted by atomic mass is 15.1. The Bertz CT molecular complexity index is 232. The largest absolute Gasteiger partial charge is 0.309 e. The molecule has 1 N–H and O–H groups in total. The molecule has 0 aromatic rings. The molecule has 1 atom stereocenters. The third-order valence-electron chi connectivity index (χ3n) is 2.95. The van der Waals surface area contributed by atoms with Gasteiger partial charge in [0.15, 0.2) is 0 Å². The number of nitrogens with one attached hydrogen (secondary N) is 1. The Balaban J connectivity index is 3.87. The molecule has 0 aromatic heterocycles. The first kappa shape index (κ1) is 17.4. The first-order chi connectivity index (χ1) is 8.49. The van der Waals surface area contributed by atoms with Gasteiger partial charge < -0.3 is 9.80 Å². The number of nitrogens with zero attached hydrogens (tertiary/aromatic N) is 3. The van der Waals surface area contributed by atoms with Crippen LogP contribution in [0, 0.1) is 11.3 Å². The smallest absolute Gasteiger partial charge is 0.0967 e. The molecule has 0 saturated carbocycles. The topological polar surface area (TPSA) is 42.3 Å². The van der Waals surface area contributed by atoms with Crippen LogP contribution >= 0.6 is 0 Å². The Morgan fingerprint density at radius 3 is 2.28 bits per heavy atom. The average Bonchev–Trinajstić information content (AvgIpc) is 2.30. The van der Waals surface area contributed by atoms with Crippen LogP contribution in [-0.4, -0.2) is 62.2 Å². The van der Waals surface area contributed by atoms with Crippen molar-refractivity contribution in [3.8, 4) is 6.07 Å². The summed E-state index contributed by atoms with van der Waals surface area (Å²) in [6, 6.07) is 2.69. The molecule has 0 aliphatic carbocycles. The van der Waals surface area contributed by atoms with E-state index in [-0.39, 0.29) is 6.04 Å². The standard InChI is InChI=1S/C14H30N4/c1-6-18(10-7-9-17(4)5)11-8-14(12-15)16-13(2)3/h13-14,16H,6-11H2,1-5H3. The van der Waals surface area contributed by atoms with Gasteiger partial charge in [0.05, 0.1) is 12.1 Å². The summed E-state index contributed by atoms with van der Waals surface area (Å²) in [7, 11) is 4.21. The van der Waals surface area contributed by atoms with Gasteiger partial charge in [-0.25, -0.2) is 0 Å². The monoisotopic (exact) mass is 254 g/mol. The predicted octanol–water partition coefficient (Wildman–Crippen LogP) is 1.54. The van der Waals surface area contributed by atoms with Crippen molar-refractivity contribution in [1.29, 1.82) is 5.26 Å². The summed E-state index contributed by atoms with van der Waals surface area (Å²) < 4.78 is 0. The molecule has 106 valence electrons. The Kier molecular flexibility index (Phi) is 9.95. The average molecular weight is 254 g/mol. The summed E-state index contributed by atoms with van der Waals surface area (Å²) in [6.07, 6.45) is 2.10. The molecule has 0 radical (unpaired) electrons. The van der Waals surface area contributed by atoms with Gasteiger partial charge in [-0.05, 0) is 60.4 Å². The van der Waals surface area contributed by atoms with Gasteiger partial charge in [-0.15, -0.1) is 0 Å². The van der Waals surface area contributed by atoms with Crippen LogP contribution in [0.3, 0.4) is 0 Å². The fourth-order valence-electron chi connectivity index (χ4n) is 1.94. The fraction of sp³-hybridized carbons (Fsp3) is 0.929. The Hall–Kier alpha value is -0.630. The maximum atomic E-state index is 9.07. The molecule has 1 unspecified atom stereocenters. The summed E-state index contributed by atoms with van der Waals surface area (Å²) in [6.45, 7) is 10.7. The molecule has 0 aliphatic heterocycles. The van der Waals surface area contributed by atoms with E-state index in [1.54, 1.807) is 0 Å². The predicted molar refractivity (Wildman–Crippen MR) is 77.6 cm³/mol. The summed E-state index contributed by atoms with van der Waals surface area (Å²) in [5.41, 5.74) is 0. The minimum absolute atomic E-state index is 0.0205. The lowest BCUT2D eigenvalue weighted by Gasteiger charge is -2.23. The first-order valence-electron chi connectivity index (χ1n) is 7.02. The van der Waals surface area contributed by atoms with Gasteiger partial charge in [-0.3, -0.25) is 5.32 Å². The van der Waals surface area contributed by atoms with E-state index < -0.39 is 0 Å². The third kappa shape index (κ3) is 9.41. The van der Waals surface area contributed by atoms with E-state index in [1.165, 1.54) is 6.42 Å². The maximum Gasteiger partial charge on any atom is 0.0967 e. The van der Waals surface area contributed by atoms with Crippen molar-refractivity contribution in [3.05, 3.63) is 0 Å². The van der Waals surface area contributed by atoms with Crippen molar-refractivity contribution < 1.29 is 0 Å². The minimum Gasteiger partial charge on any atom is -0.309 e. The van der Waals surface area contributed by atoms with Crippen LogP contribution < -0.4 is 5.32 Å². The van der Waals surface area contributed by atoms with Gasteiger partial charge >= 0.3 is 0 Å². The molecule has 18 heavy (non-hydrogen) atoms. The molecule has 0 saturated heterocycles. The lowest BCUT2D eigenvalue weighted by molar-refractivity contribution is 0.256. The van der Waals surface area contributed by atoms with E-state index in [0.717, 1.165) is 32.6 Å². The van der Waals surface area contributed by atoms with E-state index >= 15 is 0 Å². The Morgan fingerprint density at radius 1 is 1.17 bits per heavy atom. The minimum atomic E-state index is -0.0205. The van der Waals surface area contributed by atoms with Crippen molar-refractivity contribution in [2.75, 3.05) is 40.3 Å². The van der Waals surface area contributed by atoms with Crippen LogP contribution in [0.15, 0.2) is 0 Å². The maximum absolute atomic E-state index is 9.07. The molecule has 0 heterocycles. The lowest BCUT2D eigenvalue weighted by Crippen LogP contribution is -2.37. The van der Waals surface area contributed by atoms with Crippen LogP contribution in [0.25, 0.3) is 0 Å². The van der Waals surface area contributed by atoms with Crippen molar-refractivity contribution in [2.45, 2.75) is 45.7 Å². The summed E-state index contributed by atoms with van der Waals surface area (Å²) in [5.74, 6) is 0. The van der Waals surface area contributed by atoms with Crippen LogP contribution in [0.5, 0.6) is 0 Å². The highest BCUT2D eigenvalue weighted by Crippen LogP contribution is 1.99. The van der Waals surface area contributed by atoms with Gasteiger partial charge in [0.1, 0.15) is 0 Å². The fourth-order valence-corrected chi connectivity index (χ4v) is 1.94. The summed E-state index contributed by atoms with van der Waals surface area (Å²) in [5, 5.41) is 12.4. The van der Waals surface area contributed by atoms with Crippen molar-refractivity contribution in [1.82, 2.24) is 15.1 Å². The zero-order valence-electron chi connectivity index (χ0n) is 12.7. The third-order valence-corrected chi connectivity index (χ3v) is 2.95. The van der Waals surface area contributed by atoms with Crippen LogP contribution in [0.1, 0.15) is 33.6 Å². The Morgan fingerprint density at radius 2 is 1.83 bits per heavy atom. The quantitative estimate of drug-likeness (QED) is 0.642. The molecule has 0 rings (SSSR count). The number of rotatable bonds is 10. The van der Waals surface area contributed by atoms with Crippen molar-refractivity contribution in [2.24, 2.45) is 0 Å². The molecular weight excluding hydrogens is 224 g/mol. The molecule has 0 bridgehead atoms. The van der Waals surface area contributed by atoms with Gasteiger partial charge in [-0.1, -0.05) is 6.92 Å². The zero-order valence-corrected chi connectivity index (χ0v) is 12.7. The van der Waals surface area contributed by atoms with Gasteiger partial charge in [-0.2, -0.15) is 5.26 Å². The summed E-state index contributed by atoms with van der Waals surface area (Å²) >= 11 is 0. The van der Waals surface area contributed by atoms with Gasteiger partial charge in [0.25, 0.3) is 0 Å². The number of hydrogen-bond acceptors (Lipinski definition) is 4. The lowest BCUT2D eigenvalue weighted by atomic mass is 10.2. The van der Waals surface area contributed by atoms with E-state index in [4.69, 9.17) is 5.26 Å². The zero-order chi connectivity index (χ0) is 14.0. The Labute approximate surface area is 113 Å². The van der Waals surface area contributed by atoms with Crippen LogP contribution in [0.4, 0.5) is 0 Å². The number of hydrogen-bond donors (Lipinski definition) is 1. The molecule has 4 nitrogen and oxygen atoms in total. The van der Waals surface area contributed by atoms with E-state index in [0.29, 0.717) is 6.04 Å². The number of nitriles is 1. The molecule has 0 aromatic carbocycles. The molecule has 0 fully saturated rings. The normalized spacial score (nSPS) is 13.3. The second kappa shape index (κ2) is 10.3. The van der Waals surface area contributed by atoms with E-state index in [9.17, 15) is 0 Å². The van der Waals surface area contributed by atoms with Gasteiger partial charge in [0, 0.05) is 12.6 Å². The SMILES string of the molecule is CCN(CCCN(C)C)CCC(C#N)NC(C)C. The van der Waals surface area contributed by atoms with E-state index in [2.05, 4.69) is 56.1 Å². The van der Waals surface area contributed by atoms with Crippen LogP contribution in [0.2, 0.25) is 0 Å². The highest BCUT2D eigenvalue weighted by molar-refractivity contribution is 4.91. The molecule has 0 spiro atoms. The van der Waals surface area contributed by atoms with E-state index in [1.807, 2.05) is 0 Å². The summed E-state index contributed by atoms with van der Waals surface area (Å²) in [4.78, 5) is 4.64.